The lowest BCUT2D eigenvalue weighted by atomic mass is 9.86. The van der Waals surface area contributed by atoms with Gasteiger partial charge in [0.2, 0.25) is 12.7 Å². The molecule has 0 atom stereocenters. The SMILES string of the molecule is Cc1ccc(NC(=O)CCC2CCCCC2)cc1NCc1ccc2c(c1)OCO2. The van der Waals surface area contributed by atoms with Crippen molar-refractivity contribution in [3.63, 3.8) is 0 Å². The summed E-state index contributed by atoms with van der Waals surface area (Å²) in [6.07, 6.45) is 8.18. The Morgan fingerprint density at radius 3 is 2.72 bits per heavy atom. The van der Waals surface area contributed by atoms with E-state index in [4.69, 9.17) is 9.47 Å². The van der Waals surface area contributed by atoms with Crippen molar-refractivity contribution in [1.29, 1.82) is 0 Å². The predicted molar refractivity (Wildman–Crippen MR) is 116 cm³/mol. The van der Waals surface area contributed by atoms with Crippen molar-refractivity contribution in [2.24, 2.45) is 5.92 Å². The van der Waals surface area contributed by atoms with Gasteiger partial charge in [-0.25, -0.2) is 0 Å². The van der Waals surface area contributed by atoms with Gasteiger partial charge in [0, 0.05) is 24.3 Å². The van der Waals surface area contributed by atoms with Crippen LogP contribution in [0.4, 0.5) is 11.4 Å². The molecule has 154 valence electrons. The summed E-state index contributed by atoms with van der Waals surface area (Å²) in [5.74, 6) is 2.43. The molecule has 0 aromatic heterocycles. The van der Waals surface area contributed by atoms with Crippen LogP contribution in [0, 0.1) is 12.8 Å². The lowest BCUT2D eigenvalue weighted by Gasteiger charge is -2.21. The first-order chi connectivity index (χ1) is 14.2. The molecule has 2 aromatic carbocycles. The van der Waals surface area contributed by atoms with E-state index in [1.807, 2.05) is 36.4 Å². The molecule has 1 fully saturated rings. The van der Waals surface area contributed by atoms with Gasteiger partial charge in [-0.1, -0.05) is 44.2 Å². The lowest BCUT2D eigenvalue weighted by Crippen LogP contribution is -2.15. The maximum Gasteiger partial charge on any atom is 0.231 e. The van der Waals surface area contributed by atoms with E-state index in [1.165, 1.54) is 32.1 Å². The molecule has 1 heterocycles. The molecule has 4 rings (SSSR count). The number of hydrogen-bond donors (Lipinski definition) is 2. The zero-order valence-corrected chi connectivity index (χ0v) is 17.1. The number of fused-ring (bicyclic) bond motifs is 1. The minimum absolute atomic E-state index is 0.112. The van der Waals surface area contributed by atoms with Crippen molar-refractivity contribution in [2.45, 2.75) is 58.4 Å². The molecule has 0 bridgehead atoms. The van der Waals surface area contributed by atoms with E-state index >= 15 is 0 Å². The quantitative estimate of drug-likeness (QED) is 0.638. The maximum atomic E-state index is 12.4. The van der Waals surface area contributed by atoms with Crippen molar-refractivity contribution < 1.29 is 14.3 Å². The summed E-state index contributed by atoms with van der Waals surface area (Å²) in [6.45, 7) is 3.03. The van der Waals surface area contributed by atoms with Gasteiger partial charge in [-0.05, 0) is 54.7 Å². The number of benzene rings is 2. The van der Waals surface area contributed by atoms with E-state index < -0.39 is 0 Å². The average molecular weight is 395 g/mol. The van der Waals surface area contributed by atoms with Gasteiger partial charge in [-0.3, -0.25) is 4.79 Å². The van der Waals surface area contributed by atoms with Crippen LogP contribution >= 0.6 is 0 Å². The Labute approximate surface area is 172 Å². The molecule has 5 nitrogen and oxygen atoms in total. The smallest absolute Gasteiger partial charge is 0.231 e. The summed E-state index contributed by atoms with van der Waals surface area (Å²) >= 11 is 0. The largest absolute Gasteiger partial charge is 0.454 e. The van der Waals surface area contributed by atoms with E-state index in [9.17, 15) is 4.79 Å². The third kappa shape index (κ3) is 5.22. The van der Waals surface area contributed by atoms with E-state index in [1.54, 1.807) is 0 Å². The van der Waals surface area contributed by atoms with Gasteiger partial charge in [0.25, 0.3) is 0 Å². The fraction of sp³-hybridized carbons (Fsp3) is 0.458. The summed E-state index contributed by atoms with van der Waals surface area (Å²) in [5, 5.41) is 6.54. The van der Waals surface area contributed by atoms with Crippen LogP contribution in [0.2, 0.25) is 0 Å². The molecule has 2 aromatic rings. The molecule has 2 aliphatic rings. The van der Waals surface area contributed by atoms with Crippen molar-refractivity contribution in [1.82, 2.24) is 0 Å². The van der Waals surface area contributed by atoms with Crippen LogP contribution in [0.5, 0.6) is 11.5 Å². The summed E-state index contributed by atoms with van der Waals surface area (Å²) < 4.78 is 10.8. The van der Waals surface area contributed by atoms with Gasteiger partial charge in [0.15, 0.2) is 11.5 Å². The molecular formula is C24H30N2O3. The maximum absolute atomic E-state index is 12.4. The molecule has 5 heteroatoms. The molecule has 1 amide bonds. The van der Waals surface area contributed by atoms with Gasteiger partial charge in [0.05, 0.1) is 0 Å². The molecule has 1 aliphatic carbocycles. The second-order valence-corrected chi connectivity index (χ2v) is 8.16. The van der Waals surface area contributed by atoms with Crippen LogP contribution in [0.3, 0.4) is 0 Å². The third-order valence-electron chi connectivity index (χ3n) is 5.95. The van der Waals surface area contributed by atoms with E-state index in [-0.39, 0.29) is 12.7 Å². The first-order valence-electron chi connectivity index (χ1n) is 10.7. The van der Waals surface area contributed by atoms with E-state index in [0.717, 1.165) is 46.3 Å². The first kappa shape index (κ1) is 19.6. The molecule has 0 unspecified atom stereocenters. The van der Waals surface area contributed by atoms with E-state index in [0.29, 0.717) is 13.0 Å². The minimum Gasteiger partial charge on any atom is -0.454 e. The number of anilines is 2. The fourth-order valence-corrected chi connectivity index (χ4v) is 4.17. The Bertz CT molecular complexity index is 859. The van der Waals surface area contributed by atoms with Crippen molar-refractivity contribution >= 4 is 17.3 Å². The number of rotatable bonds is 7. The summed E-state index contributed by atoms with van der Waals surface area (Å²) in [5.41, 5.74) is 4.13. The van der Waals surface area contributed by atoms with Gasteiger partial charge in [-0.2, -0.15) is 0 Å². The first-order valence-corrected chi connectivity index (χ1v) is 10.7. The number of aryl methyl sites for hydroxylation is 1. The zero-order valence-electron chi connectivity index (χ0n) is 17.1. The second kappa shape index (κ2) is 9.21. The van der Waals surface area contributed by atoms with Crippen LogP contribution < -0.4 is 20.1 Å². The Morgan fingerprint density at radius 1 is 1.03 bits per heavy atom. The van der Waals surface area contributed by atoms with Crippen molar-refractivity contribution in [2.75, 3.05) is 17.4 Å². The topological polar surface area (TPSA) is 59.6 Å². The number of hydrogen-bond acceptors (Lipinski definition) is 4. The van der Waals surface area contributed by atoms with Gasteiger partial charge >= 0.3 is 0 Å². The van der Waals surface area contributed by atoms with Gasteiger partial charge in [0.1, 0.15) is 0 Å². The summed E-state index contributed by atoms with van der Waals surface area (Å²) in [4.78, 5) is 12.4. The standard InChI is InChI=1S/C24H30N2O3/c1-17-7-10-20(26-24(27)12-9-18-5-3-2-4-6-18)14-21(17)25-15-19-8-11-22-23(13-19)29-16-28-22/h7-8,10-11,13-14,18,25H,2-6,9,12,15-16H2,1H3,(H,26,27). The second-order valence-electron chi connectivity index (χ2n) is 8.16. The third-order valence-corrected chi connectivity index (χ3v) is 5.95. The van der Waals surface area contributed by atoms with Crippen LogP contribution in [-0.2, 0) is 11.3 Å². The molecule has 0 spiro atoms. The monoisotopic (exact) mass is 394 g/mol. The lowest BCUT2D eigenvalue weighted by molar-refractivity contribution is -0.116. The highest BCUT2D eigenvalue weighted by atomic mass is 16.7. The highest BCUT2D eigenvalue weighted by molar-refractivity contribution is 5.91. The highest BCUT2D eigenvalue weighted by Crippen LogP contribution is 2.33. The highest BCUT2D eigenvalue weighted by Gasteiger charge is 2.15. The number of carbonyl (C=O) groups excluding carboxylic acids is 1. The molecule has 0 saturated heterocycles. The molecular weight excluding hydrogens is 364 g/mol. The van der Waals surface area contributed by atoms with Crippen LogP contribution in [0.25, 0.3) is 0 Å². The Balaban J connectivity index is 1.31. The number of carbonyl (C=O) groups is 1. The minimum atomic E-state index is 0.112. The molecule has 2 N–H and O–H groups in total. The fourth-order valence-electron chi connectivity index (χ4n) is 4.17. The van der Waals surface area contributed by atoms with Crippen LogP contribution in [0.1, 0.15) is 56.1 Å². The zero-order chi connectivity index (χ0) is 20.1. The Kier molecular flexibility index (Phi) is 6.23. The molecule has 0 radical (unpaired) electrons. The Morgan fingerprint density at radius 2 is 1.86 bits per heavy atom. The predicted octanol–water partition coefficient (Wildman–Crippen LogP) is 5.63. The summed E-state index contributed by atoms with van der Waals surface area (Å²) in [6, 6.07) is 12.0. The van der Waals surface area contributed by atoms with Gasteiger partial charge in [-0.15, -0.1) is 0 Å². The normalized spacial score (nSPS) is 15.9. The van der Waals surface area contributed by atoms with Gasteiger partial charge < -0.3 is 20.1 Å². The Hall–Kier alpha value is -2.69. The van der Waals surface area contributed by atoms with Crippen LogP contribution in [0.15, 0.2) is 36.4 Å². The molecule has 29 heavy (non-hydrogen) atoms. The molecule has 1 saturated carbocycles. The molecule has 1 aliphatic heterocycles. The summed E-state index contributed by atoms with van der Waals surface area (Å²) in [7, 11) is 0. The van der Waals surface area contributed by atoms with Crippen LogP contribution in [-0.4, -0.2) is 12.7 Å². The van der Waals surface area contributed by atoms with Crippen molar-refractivity contribution in [3.8, 4) is 11.5 Å². The average Bonchev–Trinajstić information content (AvgIpc) is 3.21. The number of ether oxygens (including phenoxy) is 2. The number of amides is 1. The number of nitrogens with one attached hydrogen (secondary N) is 2. The van der Waals surface area contributed by atoms with E-state index in [2.05, 4.69) is 17.6 Å². The van der Waals surface area contributed by atoms with Crippen molar-refractivity contribution in [3.05, 3.63) is 47.5 Å².